The minimum Gasteiger partial charge on any atom is -0.495 e. The summed E-state index contributed by atoms with van der Waals surface area (Å²) in [4.78, 5) is 0. The zero-order valence-electron chi connectivity index (χ0n) is 10.6. The molecule has 0 aliphatic heterocycles. The first-order valence-electron chi connectivity index (χ1n) is 5.94. The molecule has 0 aliphatic carbocycles. The maximum atomic E-state index is 13.9. The second kappa shape index (κ2) is 6.04. The first-order valence-corrected chi connectivity index (χ1v) is 6.32. The van der Waals surface area contributed by atoms with Crippen LogP contribution in [0, 0.1) is 5.82 Å². The summed E-state index contributed by atoms with van der Waals surface area (Å²) < 4.78 is 19.0. The summed E-state index contributed by atoms with van der Waals surface area (Å²) in [5, 5.41) is 0.246. The molecule has 0 aliphatic rings. The van der Waals surface area contributed by atoms with Crippen molar-refractivity contribution in [2.24, 2.45) is 5.73 Å². The molecule has 2 aromatic carbocycles. The number of halogens is 2. The Kier molecular flexibility index (Phi) is 4.40. The highest BCUT2D eigenvalue weighted by Crippen LogP contribution is 2.30. The summed E-state index contributed by atoms with van der Waals surface area (Å²) in [6, 6.07) is 12.1. The Labute approximate surface area is 117 Å². The molecule has 4 heteroatoms. The molecule has 0 saturated carbocycles. The molecule has 2 rings (SSSR count). The fourth-order valence-corrected chi connectivity index (χ4v) is 2.19. The van der Waals surface area contributed by atoms with Crippen LogP contribution in [0.15, 0.2) is 42.5 Å². The predicted molar refractivity (Wildman–Crippen MR) is 75.0 cm³/mol. The quantitative estimate of drug-likeness (QED) is 0.925. The van der Waals surface area contributed by atoms with Gasteiger partial charge in [-0.3, -0.25) is 0 Å². The minimum absolute atomic E-state index is 0.246. The van der Waals surface area contributed by atoms with Crippen LogP contribution >= 0.6 is 11.6 Å². The van der Waals surface area contributed by atoms with Crippen molar-refractivity contribution in [2.75, 3.05) is 7.11 Å². The van der Waals surface area contributed by atoms with E-state index >= 15 is 0 Å². The van der Waals surface area contributed by atoms with Crippen LogP contribution in [0.3, 0.4) is 0 Å². The maximum absolute atomic E-state index is 13.9. The van der Waals surface area contributed by atoms with E-state index in [1.165, 1.54) is 13.2 Å². The van der Waals surface area contributed by atoms with Gasteiger partial charge in [0.05, 0.1) is 12.1 Å². The normalized spacial score (nSPS) is 12.2. The molecule has 0 spiro atoms. The Morgan fingerprint density at radius 3 is 2.58 bits per heavy atom. The summed E-state index contributed by atoms with van der Waals surface area (Å²) in [7, 11) is 1.49. The lowest BCUT2D eigenvalue weighted by molar-refractivity contribution is 0.412. The molecule has 2 N–H and O–H groups in total. The molecule has 2 nitrogen and oxygen atoms in total. The van der Waals surface area contributed by atoms with Gasteiger partial charge in [0.15, 0.2) is 0 Å². The molecule has 0 aromatic heterocycles. The van der Waals surface area contributed by atoms with Crippen molar-refractivity contribution in [1.29, 1.82) is 0 Å². The third-order valence-corrected chi connectivity index (χ3v) is 3.26. The van der Waals surface area contributed by atoms with Crippen molar-refractivity contribution in [3.63, 3.8) is 0 Å². The second-order valence-electron chi connectivity index (χ2n) is 4.30. The lowest BCUT2D eigenvalue weighted by atomic mass is 9.99. The first-order chi connectivity index (χ1) is 9.11. The molecule has 0 radical (unpaired) electrons. The number of ether oxygens (including phenoxy) is 1. The SMILES string of the molecule is COc1cc(C(N)Cc2ccccc2)c(F)cc1Cl. The van der Waals surface area contributed by atoms with Crippen molar-refractivity contribution < 1.29 is 9.13 Å². The van der Waals surface area contributed by atoms with Gasteiger partial charge in [-0.15, -0.1) is 0 Å². The molecule has 100 valence electrons. The largest absolute Gasteiger partial charge is 0.495 e. The third-order valence-electron chi connectivity index (χ3n) is 2.97. The Morgan fingerprint density at radius 1 is 1.26 bits per heavy atom. The van der Waals surface area contributed by atoms with Crippen LogP contribution in [0.4, 0.5) is 4.39 Å². The van der Waals surface area contributed by atoms with Crippen LogP contribution in [0.25, 0.3) is 0 Å². The van der Waals surface area contributed by atoms with E-state index in [2.05, 4.69) is 0 Å². The number of nitrogens with two attached hydrogens (primary N) is 1. The average Bonchev–Trinajstić information content (AvgIpc) is 2.40. The van der Waals surface area contributed by atoms with Gasteiger partial charge in [0, 0.05) is 11.6 Å². The van der Waals surface area contributed by atoms with Crippen molar-refractivity contribution >= 4 is 11.6 Å². The Balaban J connectivity index is 2.26. The smallest absolute Gasteiger partial charge is 0.137 e. The van der Waals surface area contributed by atoms with Gasteiger partial charge < -0.3 is 10.5 Å². The van der Waals surface area contributed by atoms with E-state index in [0.717, 1.165) is 5.56 Å². The molecule has 2 aromatic rings. The minimum atomic E-state index is -0.437. The summed E-state index contributed by atoms with van der Waals surface area (Å²) >= 11 is 5.86. The topological polar surface area (TPSA) is 35.2 Å². The molecule has 0 fully saturated rings. The van der Waals surface area contributed by atoms with Crippen molar-refractivity contribution in [2.45, 2.75) is 12.5 Å². The Hall–Kier alpha value is -1.58. The number of methoxy groups -OCH3 is 1. The highest BCUT2D eigenvalue weighted by molar-refractivity contribution is 6.32. The number of hydrogen-bond acceptors (Lipinski definition) is 2. The standard InChI is InChI=1S/C15H15ClFNO/c1-19-15-8-11(13(17)9-12(15)16)14(18)7-10-5-3-2-4-6-10/h2-6,8-9,14H,7,18H2,1H3. The van der Waals surface area contributed by atoms with Crippen molar-refractivity contribution in [3.8, 4) is 5.75 Å². The number of hydrogen-bond donors (Lipinski definition) is 1. The van der Waals surface area contributed by atoms with Crippen molar-refractivity contribution in [3.05, 3.63) is 64.4 Å². The first kappa shape index (κ1) is 13.8. The molecule has 1 unspecified atom stereocenters. The van der Waals surface area contributed by atoms with E-state index in [0.29, 0.717) is 17.7 Å². The van der Waals surface area contributed by atoms with Gasteiger partial charge in [0.1, 0.15) is 11.6 Å². The fourth-order valence-electron chi connectivity index (χ4n) is 1.96. The van der Waals surface area contributed by atoms with E-state index in [1.54, 1.807) is 6.07 Å². The van der Waals surface area contributed by atoms with Crippen molar-refractivity contribution in [1.82, 2.24) is 0 Å². The van der Waals surface area contributed by atoms with E-state index in [9.17, 15) is 4.39 Å². The van der Waals surface area contributed by atoms with E-state index in [1.807, 2.05) is 30.3 Å². The third kappa shape index (κ3) is 3.25. The van der Waals surface area contributed by atoms with E-state index in [-0.39, 0.29) is 5.02 Å². The van der Waals surface area contributed by atoms with Crippen LogP contribution in [-0.2, 0) is 6.42 Å². The molecule has 19 heavy (non-hydrogen) atoms. The van der Waals surface area contributed by atoms with E-state index in [4.69, 9.17) is 22.1 Å². The summed E-state index contributed by atoms with van der Waals surface area (Å²) in [5.74, 6) is 0.0239. The molecule has 0 heterocycles. The zero-order chi connectivity index (χ0) is 13.8. The Bertz CT molecular complexity index is 560. The van der Waals surface area contributed by atoms with E-state index < -0.39 is 11.9 Å². The second-order valence-corrected chi connectivity index (χ2v) is 4.71. The van der Waals surface area contributed by atoms with Gasteiger partial charge in [-0.1, -0.05) is 41.9 Å². The lowest BCUT2D eigenvalue weighted by Crippen LogP contribution is -2.15. The van der Waals surface area contributed by atoms with Gasteiger partial charge in [-0.2, -0.15) is 0 Å². The summed E-state index contributed by atoms with van der Waals surface area (Å²) in [5.41, 5.74) is 7.53. The fraction of sp³-hybridized carbons (Fsp3) is 0.200. The Morgan fingerprint density at radius 2 is 1.95 bits per heavy atom. The molecule has 0 bridgehead atoms. The highest BCUT2D eigenvalue weighted by atomic mass is 35.5. The average molecular weight is 280 g/mol. The van der Waals surface area contributed by atoms with Crippen LogP contribution in [0.1, 0.15) is 17.2 Å². The van der Waals surface area contributed by atoms with Gasteiger partial charge in [0.2, 0.25) is 0 Å². The predicted octanol–water partition coefficient (Wildman–Crippen LogP) is 3.73. The van der Waals surface area contributed by atoms with Crippen LogP contribution in [0.2, 0.25) is 5.02 Å². The summed E-state index contributed by atoms with van der Waals surface area (Å²) in [6.07, 6.45) is 0.558. The lowest BCUT2D eigenvalue weighted by Gasteiger charge is -2.15. The molecule has 0 amide bonds. The van der Waals surface area contributed by atoms with Crippen LogP contribution in [0.5, 0.6) is 5.75 Å². The summed E-state index contributed by atoms with van der Waals surface area (Å²) in [6.45, 7) is 0. The number of benzene rings is 2. The number of rotatable bonds is 4. The molecular weight excluding hydrogens is 265 g/mol. The van der Waals surface area contributed by atoms with Gasteiger partial charge in [-0.25, -0.2) is 4.39 Å². The highest BCUT2D eigenvalue weighted by Gasteiger charge is 2.15. The van der Waals surface area contributed by atoms with Crippen LogP contribution in [-0.4, -0.2) is 7.11 Å². The van der Waals surface area contributed by atoms with Gasteiger partial charge >= 0.3 is 0 Å². The van der Waals surface area contributed by atoms with Gasteiger partial charge in [0.25, 0.3) is 0 Å². The molecular formula is C15H15ClFNO. The van der Waals surface area contributed by atoms with Gasteiger partial charge in [-0.05, 0) is 24.1 Å². The van der Waals surface area contributed by atoms with Crippen LogP contribution < -0.4 is 10.5 Å². The maximum Gasteiger partial charge on any atom is 0.137 e. The zero-order valence-corrected chi connectivity index (χ0v) is 11.3. The molecule has 1 atom stereocenters. The molecule has 0 saturated heterocycles. The monoisotopic (exact) mass is 279 g/mol.